The summed E-state index contributed by atoms with van der Waals surface area (Å²) in [5.74, 6) is -4.55. The van der Waals surface area contributed by atoms with Crippen molar-refractivity contribution in [3.05, 3.63) is 76.8 Å². The van der Waals surface area contributed by atoms with Gasteiger partial charge in [-0.1, -0.05) is 88.7 Å². The highest BCUT2D eigenvalue weighted by Gasteiger charge is 2.39. The van der Waals surface area contributed by atoms with Gasteiger partial charge in [-0.25, -0.2) is 4.79 Å². The molecule has 1 heterocycles. The number of carbonyl (C=O) groups is 5. The second-order valence-electron chi connectivity index (χ2n) is 14.0. The number of alkyl halides is 1. The third kappa shape index (κ3) is 12.8. The molecule has 1 aliphatic rings. The van der Waals surface area contributed by atoms with Crippen molar-refractivity contribution in [2.24, 2.45) is 23.0 Å². The van der Waals surface area contributed by atoms with Crippen molar-refractivity contribution >= 4 is 52.9 Å². The molecule has 12 nitrogen and oxygen atoms in total. The lowest BCUT2D eigenvalue weighted by Crippen LogP contribution is -2.49. The number of hydrogen-bond acceptors (Lipinski definition) is 10. The highest BCUT2D eigenvalue weighted by atomic mass is 35.5. The summed E-state index contributed by atoms with van der Waals surface area (Å²) in [5.41, 5.74) is 6.41. The van der Waals surface area contributed by atoms with Gasteiger partial charge in [-0.2, -0.15) is 0 Å². The van der Waals surface area contributed by atoms with Crippen LogP contribution >= 0.6 is 23.2 Å². The fourth-order valence-electron chi connectivity index (χ4n) is 5.47. The van der Waals surface area contributed by atoms with Crippen LogP contribution in [0.25, 0.3) is 0 Å². The van der Waals surface area contributed by atoms with Gasteiger partial charge < -0.3 is 35.3 Å². The van der Waals surface area contributed by atoms with Gasteiger partial charge in [-0.15, -0.1) is 11.6 Å². The van der Waals surface area contributed by atoms with E-state index in [4.69, 9.17) is 47.9 Å². The third-order valence-corrected chi connectivity index (χ3v) is 9.17. The second-order valence-corrected chi connectivity index (χ2v) is 14.9. The van der Waals surface area contributed by atoms with E-state index in [1.807, 2.05) is 26.8 Å². The summed E-state index contributed by atoms with van der Waals surface area (Å²) in [5, 5.41) is 4.92. The predicted molar refractivity (Wildman–Crippen MR) is 197 cm³/mol. The Bertz CT molecular complexity index is 1580. The lowest BCUT2D eigenvalue weighted by molar-refractivity contribution is -0.177. The summed E-state index contributed by atoms with van der Waals surface area (Å²) in [7, 11) is 1.48. The van der Waals surface area contributed by atoms with Crippen LogP contribution in [0.2, 0.25) is 5.02 Å². The Morgan fingerprint density at radius 3 is 2.37 bits per heavy atom. The normalized spacial score (nSPS) is 22.6. The fraction of sp³-hybridized carbons (Fsp3) is 0.500. The molecule has 4 N–H and O–H groups in total. The van der Waals surface area contributed by atoms with Gasteiger partial charge in [0.2, 0.25) is 11.8 Å². The van der Waals surface area contributed by atoms with Crippen LogP contribution in [0.4, 0.5) is 0 Å². The Morgan fingerprint density at radius 1 is 1.06 bits per heavy atom. The van der Waals surface area contributed by atoms with Crippen molar-refractivity contribution in [1.29, 1.82) is 0 Å². The second kappa shape index (κ2) is 19.6. The molecule has 0 radical (unpaired) electrons. The van der Waals surface area contributed by atoms with Crippen molar-refractivity contribution < 1.29 is 42.9 Å². The minimum absolute atomic E-state index is 0.0829. The number of hydrogen-bond donors (Lipinski definition) is 3. The Morgan fingerprint density at radius 2 is 1.75 bits per heavy atom. The molecule has 14 heteroatoms. The van der Waals surface area contributed by atoms with Crippen LogP contribution in [0.15, 0.2) is 60.7 Å². The van der Waals surface area contributed by atoms with E-state index in [2.05, 4.69) is 10.6 Å². The number of ether oxygens (including phenoxy) is 4. The Hall–Kier alpha value is -4.13. The molecule has 0 bridgehead atoms. The van der Waals surface area contributed by atoms with Crippen LogP contribution < -0.4 is 21.1 Å². The first-order valence-electron chi connectivity index (χ1n) is 17.1. The van der Waals surface area contributed by atoms with Gasteiger partial charge in [0.05, 0.1) is 30.0 Å². The Labute approximate surface area is 315 Å². The lowest BCUT2D eigenvalue weighted by Gasteiger charge is -2.33. The lowest BCUT2D eigenvalue weighted by atomic mass is 9.88. The monoisotopic (exact) mass is 761 g/mol. The van der Waals surface area contributed by atoms with Crippen molar-refractivity contribution in [3.63, 3.8) is 0 Å². The standard InChI is InChI=1S/C38H49Cl2N3O9/c1-22-21-42-35(46)27(18-24-15-16-29(49-6)26(39)17-24)43-31(44)14-10-13-28(50-37(48)30(51-36(22)47)19-38(3,4)5)23(2)34(52-32(45)20-41)33(40)25-11-8-7-9-12-25/h7-13,15-17,22-23,27-28,30,33-34H,14,18-21,41H2,1-6H3,(H,42,46)(H,43,44)/t22-,23+,27-,28+,30+,33+,34-/m1/s1. The van der Waals surface area contributed by atoms with Crippen LogP contribution in [0.5, 0.6) is 5.75 Å². The van der Waals surface area contributed by atoms with Gasteiger partial charge >= 0.3 is 17.9 Å². The highest BCUT2D eigenvalue weighted by Crippen LogP contribution is 2.34. The summed E-state index contributed by atoms with van der Waals surface area (Å²) in [4.78, 5) is 66.4. The van der Waals surface area contributed by atoms with Gasteiger partial charge in [0.25, 0.3) is 0 Å². The smallest absolute Gasteiger partial charge is 0.348 e. The van der Waals surface area contributed by atoms with E-state index in [0.717, 1.165) is 0 Å². The molecule has 0 saturated heterocycles. The van der Waals surface area contributed by atoms with Crippen molar-refractivity contribution in [2.45, 2.75) is 83.6 Å². The van der Waals surface area contributed by atoms with E-state index in [-0.39, 0.29) is 25.8 Å². The molecule has 3 rings (SSSR count). The number of methoxy groups -OCH3 is 1. The first kappa shape index (κ1) is 42.3. The summed E-state index contributed by atoms with van der Waals surface area (Å²) in [6.45, 7) is 8.33. The molecule has 0 fully saturated rings. The molecule has 52 heavy (non-hydrogen) atoms. The SMILES string of the molecule is COc1ccc(C[C@H]2NC(=O)CC=C[C@@H]([C@H](C)[C@@H](OC(=O)CN)[C@@H](Cl)c3ccccc3)OC(=O)[C@H](CC(C)(C)C)OC(=O)[C@H](C)CNC2=O)cc1Cl. The first-order chi connectivity index (χ1) is 24.5. The number of esters is 3. The summed E-state index contributed by atoms with van der Waals surface area (Å²) in [6.07, 6.45) is -0.519. The average Bonchev–Trinajstić information content (AvgIpc) is 3.10. The van der Waals surface area contributed by atoms with Gasteiger partial charge in [0, 0.05) is 31.7 Å². The van der Waals surface area contributed by atoms with E-state index in [1.165, 1.54) is 19.3 Å². The molecule has 7 atom stereocenters. The van der Waals surface area contributed by atoms with Crippen molar-refractivity contribution in [1.82, 2.24) is 10.6 Å². The zero-order valence-electron chi connectivity index (χ0n) is 30.4. The molecule has 0 unspecified atom stereocenters. The third-order valence-electron chi connectivity index (χ3n) is 8.37. The van der Waals surface area contributed by atoms with E-state index < -0.39 is 83.2 Å². The maximum atomic E-state index is 13.8. The Kier molecular flexibility index (Phi) is 16.0. The van der Waals surface area contributed by atoms with Crippen LogP contribution in [0.1, 0.15) is 64.0 Å². The summed E-state index contributed by atoms with van der Waals surface area (Å²) < 4.78 is 22.7. The Balaban J connectivity index is 2.03. The average molecular weight is 763 g/mol. The molecule has 0 spiro atoms. The van der Waals surface area contributed by atoms with Crippen LogP contribution in [0.3, 0.4) is 0 Å². The zero-order chi connectivity index (χ0) is 38.6. The quantitative estimate of drug-likeness (QED) is 0.132. The number of carbonyl (C=O) groups excluding carboxylic acids is 5. The minimum atomic E-state index is -1.32. The maximum absolute atomic E-state index is 13.8. The molecule has 1 aliphatic heterocycles. The molecule has 2 aromatic carbocycles. The van der Waals surface area contributed by atoms with Crippen molar-refractivity contribution in [3.8, 4) is 5.75 Å². The molecule has 0 aliphatic carbocycles. The minimum Gasteiger partial charge on any atom is -0.495 e. The number of cyclic esters (lactones) is 2. The number of halogens is 2. The number of rotatable bonds is 10. The number of benzene rings is 2. The van der Waals surface area contributed by atoms with E-state index >= 15 is 0 Å². The van der Waals surface area contributed by atoms with Gasteiger partial charge in [0.15, 0.2) is 6.10 Å². The highest BCUT2D eigenvalue weighted by molar-refractivity contribution is 6.32. The van der Waals surface area contributed by atoms with Gasteiger partial charge in [-0.3, -0.25) is 19.2 Å². The van der Waals surface area contributed by atoms with Gasteiger partial charge in [-0.05, 0) is 34.8 Å². The molecule has 2 aromatic rings. The van der Waals surface area contributed by atoms with Crippen LogP contribution in [0, 0.1) is 17.3 Å². The van der Waals surface area contributed by atoms with E-state index in [9.17, 15) is 24.0 Å². The molecular formula is C38H49Cl2N3O9. The topological polar surface area (TPSA) is 172 Å². The van der Waals surface area contributed by atoms with E-state index in [1.54, 1.807) is 56.3 Å². The van der Waals surface area contributed by atoms with Crippen LogP contribution in [-0.4, -0.2) is 74.3 Å². The molecule has 284 valence electrons. The summed E-state index contributed by atoms with van der Waals surface area (Å²) >= 11 is 13.2. The predicted octanol–water partition coefficient (Wildman–Crippen LogP) is 4.83. The van der Waals surface area contributed by atoms with Crippen molar-refractivity contribution in [2.75, 3.05) is 20.2 Å². The maximum Gasteiger partial charge on any atom is 0.348 e. The number of amides is 2. The molecular weight excluding hydrogens is 713 g/mol. The molecule has 2 amide bonds. The van der Waals surface area contributed by atoms with Gasteiger partial charge in [0.1, 0.15) is 24.0 Å². The summed E-state index contributed by atoms with van der Waals surface area (Å²) in [6, 6.07) is 12.9. The molecule has 0 saturated carbocycles. The fourth-order valence-corrected chi connectivity index (χ4v) is 6.18. The molecule has 0 aromatic heterocycles. The number of nitrogens with two attached hydrogens (primary N) is 1. The van der Waals surface area contributed by atoms with E-state index in [0.29, 0.717) is 21.9 Å². The first-order valence-corrected chi connectivity index (χ1v) is 17.9. The zero-order valence-corrected chi connectivity index (χ0v) is 31.9. The number of nitrogens with one attached hydrogen (secondary N) is 2. The largest absolute Gasteiger partial charge is 0.495 e. The van der Waals surface area contributed by atoms with Crippen LogP contribution in [-0.2, 0) is 44.6 Å².